The molecule has 5 atom stereocenters. The fraction of sp³-hybridized carbons (Fsp3) is 0.951. The Morgan fingerprint density at radius 2 is 0.455 bits per heavy atom. The Morgan fingerprint density at radius 3 is 0.673 bits per heavy atom. The molecule has 0 heterocycles. The lowest BCUT2D eigenvalue weighted by molar-refractivity contribution is -0.161. The van der Waals surface area contributed by atoms with E-state index in [0.29, 0.717) is 25.7 Å². The topological polar surface area (TPSA) is 237 Å². The number of esters is 4. The minimum atomic E-state index is -4.96. The maximum atomic E-state index is 13.1. The summed E-state index contributed by atoms with van der Waals surface area (Å²) in [6.07, 6.45) is 66.5. The monoisotopic (exact) mass is 1480 g/mol. The van der Waals surface area contributed by atoms with Gasteiger partial charge in [0.2, 0.25) is 0 Å². The van der Waals surface area contributed by atoms with Gasteiger partial charge in [-0.25, -0.2) is 9.13 Å². The van der Waals surface area contributed by atoms with E-state index in [1.807, 2.05) is 0 Å². The second-order valence-electron chi connectivity index (χ2n) is 30.0. The van der Waals surface area contributed by atoms with E-state index in [-0.39, 0.29) is 25.7 Å². The van der Waals surface area contributed by atoms with Crippen LogP contribution in [-0.4, -0.2) is 96.7 Å². The Balaban J connectivity index is 5.22. The molecule has 0 saturated carbocycles. The number of carbonyl (C=O) groups is 4. The number of hydrogen-bond donors (Lipinski definition) is 3. The van der Waals surface area contributed by atoms with Crippen molar-refractivity contribution in [2.24, 2.45) is 5.92 Å². The van der Waals surface area contributed by atoms with E-state index < -0.39 is 97.5 Å². The van der Waals surface area contributed by atoms with E-state index >= 15 is 0 Å². The van der Waals surface area contributed by atoms with E-state index in [1.54, 1.807) is 0 Å². The summed E-state index contributed by atoms with van der Waals surface area (Å²) in [5.41, 5.74) is 0. The number of phosphoric acid groups is 2. The second-order valence-corrected chi connectivity index (χ2v) is 32.9. The molecule has 101 heavy (non-hydrogen) atoms. The van der Waals surface area contributed by atoms with Gasteiger partial charge in [-0.15, -0.1) is 0 Å². The second kappa shape index (κ2) is 74.9. The molecule has 0 amide bonds. The number of unbranched alkanes of at least 4 members (excludes halogenated alkanes) is 54. The zero-order valence-corrected chi connectivity index (χ0v) is 67.8. The fourth-order valence-corrected chi connectivity index (χ4v) is 14.3. The summed E-state index contributed by atoms with van der Waals surface area (Å²) < 4.78 is 68.7. The molecule has 0 aliphatic carbocycles. The summed E-state index contributed by atoms with van der Waals surface area (Å²) in [4.78, 5) is 73.1. The lowest BCUT2D eigenvalue weighted by atomic mass is 10.0. The Labute approximate surface area is 619 Å². The first-order chi connectivity index (χ1) is 49.0. The van der Waals surface area contributed by atoms with Gasteiger partial charge < -0.3 is 33.8 Å². The van der Waals surface area contributed by atoms with Crippen LogP contribution in [0.4, 0.5) is 0 Å². The number of rotatable bonds is 82. The Hall–Kier alpha value is -1.94. The average Bonchev–Trinajstić information content (AvgIpc) is 1.18. The standard InChI is InChI=1S/C82H160O17P2/c1-6-9-12-15-18-21-24-27-28-29-30-31-32-33-34-37-43-48-53-58-63-68-82(87)99-78(72-93-80(85)66-61-56-51-46-42-38-35-36-39-44-49-54-59-64-75(4)5)74-97-101(90,91)95-70-76(83)69-94-100(88,89)96-73-77(98-81(86)67-62-57-52-47-41-26-23-20-17-14-11-8-3)71-92-79(84)65-60-55-50-45-40-25-22-19-16-13-10-7-2/h75-78,83H,6-74H2,1-5H3,(H,88,89)(H,90,91)/t76-,77+,78+/m0/s1. The minimum Gasteiger partial charge on any atom is -0.462 e. The van der Waals surface area contributed by atoms with Crippen molar-refractivity contribution in [1.82, 2.24) is 0 Å². The normalized spacial score (nSPS) is 13.8. The van der Waals surface area contributed by atoms with Crippen molar-refractivity contribution in [2.75, 3.05) is 39.6 Å². The van der Waals surface area contributed by atoms with Crippen molar-refractivity contribution in [3.8, 4) is 0 Å². The van der Waals surface area contributed by atoms with Gasteiger partial charge in [-0.2, -0.15) is 0 Å². The molecule has 2 unspecified atom stereocenters. The molecule has 600 valence electrons. The molecule has 0 fully saturated rings. The van der Waals surface area contributed by atoms with Gasteiger partial charge in [0, 0.05) is 25.7 Å². The quantitative estimate of drug-likeness (QED) is 0.0222. The third-order valence-electron chi connectivity index (χ3n) is 19.3. The van der Waals surface area contributed by atoms with Gasteiger partial charge in [0.1, 0.15) is 19.3 Å². The van der Waals surface area contributed by atoms with Crippen molar-refractivity contribution in [1.29, 1.82) is 0 Å². The van der Waals surface area contributed by atoms with Crippen LogP contribution < -0.4 is 0 Å². The summed E-state index contributed by atoms with van der Waals surface area (Å²) in [5.74, 6) is -1.31. The highest BCUT2D eigenvalue weighted by Crippen LogP contribution is 2.45. The third-order valence-corrected chi connectivity index (χ3v) is 21.2. The van der Waals surface area contributed by atoms with Crippen LogP contribution >= 0.6 is 15.6 Å². The van der Waals surface area contributed by atoms with Gasteiger partial charge in [0.15, 0.2) is 12.2 Å². The fourth-order valence-electron chi connectivity index (χ4n) is 12.8. The number of ether oxygens (including phenoxy) is 4. The first-order valence-electron chi connectivity index (χ1n) is 42.6. The average molecular weight is 1480 g/mol. The summed E-state index contributed by atoms with van der Waals surface area (Å²) >= 11 is 0. The molecule has 0 rings (SSSR count). The van der Waals surface area contributed by atoms with E-state index in [0.717, 1.165) is 95.8 Å². The zero-order chi connectivity index (χ0) is 74.1. The van der Waals surface area contributed by atoms with Crippen LogP contribution in [0, 0.1) is 5.92 Å². The summed E-state index contributed by atoms with van der Waals surface area (Å²) in [6, 6.07) is 0. The van der Waals surface area contributed by atoms with Crippen molar-refractivity contribution in [2.45, 2.75) is 457 Å². The molecule has 0 aliphatic rings. The van der Waals surface area contributed by atoms with Crippen molar-refractivity contribution in [3.05, 3.63) is 0 Å². The highest BCUT2D eigenvalue weighted by atomic mass is 31.2. The molecule has 0 bridgehead atoms. The van der Waals surface area contributed by atoms with Gasteiger partial charge in [0.05, 0.1) is 26.4 Å². The van der Waals surface area contributed by atoms with Gasteiger partial charge in [-0.05, 0) is 31.6 Å². The maximum absolute atomic E-state index is 13.1. The number of hydrogen-bond acceptors (Lipinski definition) is 15. The molecule has 0 aromatic heterocycles. The summed E-state index contributed by atoms with van der Waals surface area (Å²) in [5, 5.41) is 10.6. The first-order valence-corrected chi connectivity index (χ1v) is 45.6. The molecule has 0 saturated heterocycles. The minimum absolute atomic E-state index is 0.108. The molecule has 0 aromatic carbocycles. The molecular formula is C82H160O17P2. The lowest BCUT2D eigenvalue weighted by Crippen LogP contribution is -2.30. The zero-order valence-electron chi connectivity index (χ0n) is 66.1. The SMILES string of the molecule is CCCCCCCCCCCCCCCCCCCCCCCC(=O)O[C@H](COC(=O)CCCCCCCCCCCCCCCC(C)C)COP(=O)(O)OC[C@@H](O)COP(=O)(O)OC[C@@H](COC(=O)CCCCCCCCCCCCCC)OC(=O)CCCCCCCCCCCCCC. The van der Waals surface area contributed by atoms with Gasteiger partial charge in [0.25, 0.3) is 0 Å². The Morgan fingerprint density at radius 1 is 0.267 bits per heavy atom. The third kappa shape index (κ3) is 76.1. The lowest BCUT2D eigenvalue weighted by Gasteiger charge is -2.21. The molecule has 0 spiro atoms. The van der Waals surface area contributed by atoms with Crippen molar-refractivity contribution >= 4 is 39.5 Å². The van der Waals surface area contributed by atoms with Crippen LogP contribution in [0.3, 0.4) is 0 Å². The van der Waals surface area contributed by atoms with E-state index in [2.05, 4.69) is 34.6 Å². The highest BCUT2D eigenvalue weighted by Gasteiger charge is 2.30. The number of phosphoric ester groups is 2. The van der Waals surface area contributed by atoms with Gasteiger partial charge in [-0.3, -0.25) is 37.3 Å². The van der Waals surface area contributed by atoms with E-state index in [1.165, 1.54) is 263 Å². The van der Waals surface area contributed by atoms with E-state index in [9.17, 15) is 43.2 Å². The van der Waals surface area contributed by atoms with Gasteiger partial charge in [-0.1, -0.05) is 388 Å². The van der Waals surface area contributed by atoms with Gasteiger partial charge >= 0.3 is 39.5 Å². The Kier molecular flexibility index (Phi) is 73.5. The molecule has 17 nitrogen and oxygen atoms in total. The summed E-state index contributed by atoms with van der Waals surface area (Å²) in [6.45, 7) is 7.35. The predicted octanol–water partition coefficient (Wildman–Crippen LogP) is 24.8. The molecule has 3 N–H and O–H groups in total. The highest BCUT2D eigenvalue weighted by molar-refractivity contribution is 7.47. The van der Waals surface area contributed by atoms with Crippen LogP contribution in [0.1, 0.15) is 439 Å². The molecule has 0 aliphatic heterocycles. The van der Waals surface area contributed by atoms with Crippen LogP contribution in [0.25, 0.3) is 0 Å². The number of aliphatic hydroxyl groups excluding tert-OH is 1. The molecular weight excluding hydrogens is 1320 g/mol. The Bertz CT molecular complexity index is 1930. The summed E-state index contributed by atoms with van der Waals surface area (Å²) in [7, 11) is -9.92. The van der Waals surface area contributed by atoms with Crippen LogP contribution in [0.2, 0.25) is 0 Å². The predicted molar refractivity (Wildman–Crippen MR) is 414 cm³/mol. The molecule has 0 radical (unpaired) electrons. The molecule has 19 heteroatoms. The van der Waals surface area contributed by atoms with E-state index in [4.69, 9.17) is 37.0 Å². The smallest absolute Gasteiger partial charge is 0.462 e. The van der Waals surface area contributed by atoms with Crippen LogP contribution in [0.5, 0.6) is 0 Å². The number of carbonyl (C=O) groups excluding carboxylic acids is 4. The maximum Gasteiger partial charge on any atom is 0.472 e. The van der Waals surface area contributed by atoms with Crippen molar-refractivity contribution in [3.63, 3.8) is 0 Å². The van der Waals surface area contributed by atoms with Crippen LogP contribution in [0.15, 0.2) is 0 Å². The van der Waals surface area contributed by atoms with Crippen LogP contribution in [-0.2, 0) is 65.4 Å². The molecule has 0 aromatic rings. The van der Waals surface area contributed by atoms with Crippen molar-refractivity contribution < 1.29 is 80.2 Å². The number of aliphatic hydroxyl groups is 1. The largest absolute Gasteiger partial charge is 0.472 e. The first kappa shape index (κ1) is 99.1.